The molecule has 0 bridgehead atoms. The molecular formula is C13H27N3O3Si. The van der Waals surface area contributed by atoms with Crippen LogP contribution in [-0.2, 0) is 14.0 Å². The van der Waals surface area contributed by atoms with Crippen molar-refractivity contribution in [3.63, 3.8) is 0 Å². The third kappa shape index (κ3) is 4.57. The van der Waals surface area contributed by atoms with Crippen molar-refractivity contribution in [1.82, 2.24) is 10.9 Å². The molecule has 1 rings (SSSR count). The summed E-state index contributed by atoms with van der Waals surface area (Å²) in [4.78, 5) is 23.3. The Balaban J connectivity index is 2.26. The Labute approximate surface area is 121 Å². The predicted octanol–water partition coefficient (Wildman–Crippen LogP) is 0.893. The zero-order valence-corrected chi connectivity index (χ0v) is 14.1. The van der Waals surface area contributed by atoms with Crippen molar-refractivity contribution in [2.24, 2.45) is 11.7 Å². The average Bonchev–Trinajstić information content (AvgIpc) is 2.28. The average molecular weight is 301 g/mol. The van der Waals surface area contributed by atoms with E-state index < -0.39 is 8.32 Å². The lowest BCUT2D eigenvalue weighted by molar-refractivity contribution is -0.134. The Kier molecular flexibility index (Phi) is 5.34. The second kappa shape index (κ2) is 6.24. The van der Waals surface area contributed by atoms with Crippen LogP contribution in [-0.4, -0.2) is 32.8 Å². The molecule has 4 N–H and O–H groups in total. The number of hydrogen-bond acceptors (Lipinski definition) is 4. The van der Waals surface area contributed by atoms with Gasteiger partial charge in [-0.25, -0.2) is 0 Å². The number of hydrogen-bond donors (Lipinski definition) is 3. The van der Waals surface area contributed by atoms with Crippen LogP contribution in [0.5, 0.6) is 0 Å². The van der Waals surface area contributed by atoms with E-state index in [1.807, 2.05) is 0 Å². The molecule has 0 aromatic carbocycles. The Morgan fingerprint density at radius 1 is 1.25 bits per heavy atom. The molecule has 0 radical (unpaired) electrons. The molecule has 0 saturated heterocycles. The molecule has 1 aliphatic rings. The first-order valence-corrected chi connectivity index (χ1v) is 9.92. The zero-order valence-electron chi connectivity index (χ0n) is 13.1. The molecule has 2 amide bonds. The monoisotopic (exact) mass is 301 g/mol. The molecule has 6 nitrogen and oxygen atoms in total. The van der Waals surface area contributed by atoms with Gasteiger partial charge in [-0.3, -0.25) is 20.4 Å². The fraction of sp³-hybridized carbons (Fsp3) is 0.846. The van der Waals surface area contributed by atoms with Crippen molar-refractivity contribution >= 4 is 20.1 Å². The van der Waals surface area contributed by atoms with E-state index in [0.29, 0.717) is 12.8 Å². The highest BCUT2D eigenvalue weighted by Crippen LogP contribution is 2.36. The SMILES string of the molecule is CC(C)(C)[Si](C)(C)OCC(=O)NNC(=O)C1CC(N)C1. The topological polar surface area (TPSA) is 93.5 Å². The van der Waals surface area contributed by atoms with E-state index in [1.165, 1.54) is 0 Å². The van der Waals surface area contributed by atoms with E-state index in [-0.39, 0.29) is 35.4 Å². The van der Waals surface area contributed by atoms with E-state index in [1.54, 1.807) is 0 Å². The van der Waals surface area contributed by atoms with Gasteiger partial charge in [0.2, 0.25) is 5.91 Å². The Morgan fingerprint density at radius 2 is 1.80 bits per heavy atom. The first-order chi connectivity index (χ1) is 9.03. The van der Waals surface area contributed by atoms with Gasteiger partial charge in [-0.1, -0.05) is 20.8 Å². The van der Waals surface area contributed by atoms with Crippen LogP contribution < -0.4 is 16.6 Å². The second-order valence-corrected chi connectivity index (χ2v) is 11.8. The molecule has 0 aromatic heterocycles. The molecule has 1 aliphatic carbocycles. The molecule has 7 heteroatoms. The second-order valence-electron chi connectivity index (χ2n) is 7.01. The van der Waals surface area contributed by atoms with Crippen molar-refractivity contribution in [3.05, 3.63) is 0 Å². The van der Waals surface area contributed by atoms with Crippen LogP contribution in [0.15, 0.2) is 0 Å². The third-order valence-electron chi connectivity index (χ3n) is 4.24. The fourth-order valence-corrected chi connectivity index (χ4v) is 2.53. The first kappa shape index (κ1) is 17.1. The summed E-state index contributed by atoms with van der Waals surface area (Å²) < 4.78 is 5.76. The number of carbonyl (C=O) groups excluding carboxylic acids is 2. The Hall–Kier alpha value is -0.923. The minimum absolute atomic E-state index is 0.0268. The molecule has 116 valence electrons. The number of amides is 2. The van der Waals surface area contributed by atoms with Crippen LogP contribution in [0.2, 0.25) is 18.1 Å². The van der Waals surface area contributed by atoms with Gasteiger partial charge in [-0.2, -0.15) is 0 Å². The maximum Gasteiger partial charge on any atom is 0.263 e. The van der Waals surface area contributed by atoms with Crippen LogP contribution >= 0.6 is 0 Å². The third-order valence-corrected chi connectivity index (χ3v) is 8.72. The number of carbonyl (C=O) groups is 2. The van der Waals surface area contributed by atoms with Gasteiger partial charge in [0, 0.05) is 12.0 Å². The highest BCUT2D eigenvalue weighted by Gasteiger charge is 2.37. The van der Waals surface area contributed by atoms with Gasteiger partial charge in [0.05, 0.1) is 0 Å². The predicted molar refractivity (Wildman–Crippen MR) is 80.1 cm³/mol. The fourth-order valence-electron chi connectivity index (χ4n) is 1.61. The smallest absolute Gasteiger partial charge is 0.263 e. The zero-order chi connectivity index (χ0) is 15.6. The first-order valence-electron chi connectivity index (χ1n) is 7.01. The highest BCUT2D eigenvalue weighted by molar-refractivity contribution is 6.74. The summed E-state index contributed by atoms with van der Waals surface area (Å²) in [6, 6.07) is 0.114. The largest absolute Gasteiger partial charge is 0.407 e. The normalized spacial score (nSPS) is 22.9. The van der Waals surface area contributed by atoms with E-state index >= 15 is 0 Å². The van der Waals surface area contributed by atoms with Gasteiger partial charge in [0.25, 0.3) is 5.91 Å². The molecule has 0 unspecified atom stereocenters. The van der Waals surface area contributed by atoms with Crippen molar-refractivity contribution in [2.45, 2.75) is 57.8 Å². The molecule has 0 heterocycles. The molecule has 1 fully saturated rings. The Morgan fingerprint density at radius 3 is 2.25 bits per heavy atom. The van der Waals surface area contributed by atoms with Crippen LogP contribution in [0.25, 0.3) is 0 Å². The summed E-state index contributed by atoms with van der Waals surface area (Å²) in [7, 11) is -1.94. The van der Waals surface area contributed by atoms with Gasteiger partial charge in [-0.05, 0) is 31.0 Å². The van der Waals surface area contributed by atoms with Crippen molar-refractivity contribution < 1.29 is 14.0 Å². The van der Waals surface area contributed by atoms with Gasteiger partial charge in [0.1, 0.15) is 6.61 Å². The van der Waals surface area contributed by atoms with Crippen molar-refractivity contribution in [3.8, 4) is 0 Å². The maximum atomic E-state index is 11.7. The molecular weight excluding hydrogens is 274 g/mol. The van der Waals surface area contributed by atoms with E-state index in [9.17, 15) is 9.59 Å². The van der Waals surface area contributed by atoms with E-state index in [0.717, 1.165) is 0 Å². The van der Waals surface area contributed by atoms with Crippen LogP contribution in [0.4, 0.5) is 0 Å². The molecule has 20 heavy (non-hydrogen) atoms. The summed E-state index contributed by atoms with van der Waals surface area (Å²) in [6.45, 7) is 10.5. The van der Waals surface area contributed by atoms with Crippen LogP contribution in [0, 0.1) is 5.92 Å². The maximum absolute atomic E-state index is 11.7. The summed E-state index contributed by atoms with van der Waals surface area (Å²) in [5.74, 6) is -0.578. The molecule has 0 aromatic rings. The molecule has 0 aliphatic heterocycles. The standard InChI is InChI=1S/C13H27N3O3Si/c1-13(2,3)20(4,5)19-8-11(17)15-16-12(18)9-6-10(14)7-9/h9-10H,6-8,14H2,1-5H3,(H,15,17)(H,16,18). The van der Waals surface area contributed by atoms with Gasteiger partial charge in [-0.15, -0.1) is 0 Å². The van der Waals surface area contributed by atoms with Gasteiger partial charge < -0.3 is 10.2 Å². The number of nitrogens with two attached hydrogens (primary N) is 1. The summed E-state index contributed by atoms with van der Waals surface area (Å²) in [5, 5.41) is 0.0542. The Bertz CT molecular complexity index is 374. The quantitative estimate of drug-likeness (QED) is 0.531. The van der Waals surface area contributed by atoms with Crippen LogP contribution in [0.1, 0.15) is 33.6 Å². The lowest BCUT2D eigenvalue weighted by atomic mass is 9.80. The van der Waals surface area contributed by atoms with E-state index in [2.05, 4.69) is 44.7 Å². The van der Waals surface area contributed by atoms with E-state index in [4.69, 9.17) is 10.2 Å². The number of nitrogens with one attached hydrogen (secondary N) is 2. The lowest BCUT2D eigenvalue weighted by Gasteiger charge is -2.35. The van der Waals surface area contributed by atoms with Gasteiger partial charge in [0.15, 0.2) is 8.32 Å². The molecule has 0 atom stereocenters. The number of hydrazine groups is 1. The molecule has 1 saturated carbocycles. The highest BCUT2D eigenvalue weighted by atomic mass is 28.4. The summed E-state index contributed by atoms with van der Waals surface area (Å²) in [6.07, 6.45) is 1.37. The summed E-state index contributed by atoms with van der Waals surface area (Å²) in [5.41, 5.74) is 10.4. The summed E-state index contributed by atoms with van der Waals surface area (Å²) >= 11 is 0. The van der Waals surface area contributed by atoms with Crippen LogP contribution in [0.3, 0.4) is 0 Å². The van der Waals surface area contributed by atoms with Gasteiger partial charge >= 0.3 is 0 Å². The molecule has 0 spiro atoms. The minimum atomic E-state index is -1.94. The minimum Gasteiger partial charge on any atom is -0.407 e. The van der Waals surface area contributed by atoms with Crippen molar-refractivity contribution in [1.29, 1.82) is 0 Å². The van der Waals surface area contributed by atoms with Crippen molar-refractivity contribution in [2.75, 3.05) is 6.61 Å². The lowest BCUT2D eigenvalue weighted by Crippen LogP contribution is -2.52. The number of rotatable bonds is 4.